The van der Waals surface area contributed by atoms with Crippen LogP contribution in [0.5, 0.6) is 0 Å². The molecule has 3 amide bonds. The molecule has 1 aromatic carbocycles. The molecule has 1 heterocycles. The maximum Gasteiger partial charge on any atom is 0.327 e. The fourth-order valence-corrected chi connectivity index (χ4v) is 2.59. The summed E-state index contributed by atoms with van der Waals surface area (Å²) in [5, 5.41) is 6.74. The molecule has 27 heavy (non-hydrogen) atoms. The van der Waals surface area contributed by atoms with Crippen molar-refractivity contribution in [3.63, 3.8) is 0 Å². The number of carbonyl (C=O) groups is 3. The predicted molar refractivity (Wildman–Crippen MR) is 94.4 cm³/mol. The number of hydrogen-bond acceptors (Lipinski definition) is 4. The molecular formula is C18H20FN5O3. The Balaban J connectivity index is 1.73. The second-order valence-electron chi connectivity index (χ2n) is 6.64. The van der Waals surface area contributed by atoms with E-state index in [4.69, 9.17) is 0 Å². The summed E-state index contributed by atoms with van der Waals surface area (Å²) in [4.78, 5) is 35.8. The van der Waals surface area contributed by atoms with Gasteiger partial charge >= 0.3 is 11.8 Å². The molecule has 3 N–H and O–H groups in total. The van der Waals surface area contributed by atoms with Gasteiger partial charge in [0.25, 0.3) is 5.91 Å². The highest BCUT2D eigenvalue weighted by atomic mass is 19.1. The number of nitrogens with zero attached hydrogens (tertiary/aromatic N) is 2. The van der Waals surface area contributed by atoms with Crippen molar-refractivity contribution in [2.75, 3.05) is 0 Å². The summed E-state index contributed by atoms with van der Waals surface area (Å²) < 4.78 is 14.7. The number of benzene rings is 1. The molecule has 142 valence electrons. The number of halogens is 1. The molecule has 1 aliphatic rings. The topological polar surface area (TPSA) is 105 Å². The molecule has 2 aromatic rings. The molecule has 1 aromatic heterocycles. The number of hydrogen-bond donors (Lipinski definition) is 3. The van der Waals surface area contributed by atoms with Crippen molar-refractivity contribution < 1.29 is 18.8 Å². The summed E-state index contributed by atoms with van der Waals surface area (Å²) in [6.07, 6.45) is 3.07. The molecule has 1 saturated carbocycles. The minimum Gasteiger partial charge on any atom is -0.345 e. The van der Waals surface area contributed by atoms with Crippen LogP contribution in [0.2, 0.25) is 0 Å². The normalized spacial score (nSPS) is 13.3. The number of amides is 3. The van der Waals surface area contributed by atoms with Gasteiger partial charge in [-0.25, -0.2) is 9.07 Å². The molecule has 0 radical (unpaired) electrons. The van der Waals surface area contributed by atoms with Gasteiger partial charge in [-0.05, 0) is 43.0 Å². The maximum atomic E-state index is 13.2. The molecular weight excluding hydrogens is 353 g/mol. The summed E-state index contributed by atoms with van der Waals surface area (Å²) in [5.41, 5.74) is 5.77. The molecule has 8 nitrogen and oxygen atoms in total. The first kappa shape index (κ1) is 18.6. The van der Waals surface area contributed by atoms with Crippen LogP contribution in [0.25, 0.3) is 5.69 Å². The first-order chi connectivity index (χ1) is 12.9. The van der Waals surface area contributed by atoms with Gasteiger partial charge in [0.1, 0.15) is 5.82 Å². The summed E-state index contributed by atoms with van der Waals surface area (Å²) in [7, 11) is 0. The molecule has 0 bridgehead atoms. The zero-order chi connectivity index (χ0) is 19.6. The Hall–Kier alpha value is -3.23. The minimum absolute atomic E-state index is 0.0421. The van der Waals surface area contributed by atoms with Crippen LogP contribution in [0.4, 0.5) is 4.39 Å². The molecule has 0 saturated heterocycles. The smallest absolute Gasteiger partial charge is 0.327 e. The monoisotopic (exact) mass is 373 g/mol. The largest absolute Gasteiger partial charge is 0.345 e. The highest BCUT2D eigenvalue weighted by molar-refractivity contribution is 6.35. The summed E-state index contributed by atoms with van der Waals surface area (Å²) >= 11 is 0. The lowest BCUT2D eigenvalue weighted by atomic mass is 10.1. The zero-order valence-electron chi connectivity index (χ0n) is 15.0. The van der Waals surface area contributed by atoms with Gasteiger partial charge < -0.3 is 5.32 Å². The number of rotatable bonds is 4. The molecule has 9 heteroatoms. The van der Waals surface area contributed by atoms with E-state index in [1.165, 1.54) is 18.3 Å². The number of aromatic nitrogens is 2. The van der Waals surface area contributed by atoms with Crippen molar-refractivity contribution in [2.45, 2.75) is 38.6 Å². The Bertz CT molecular complexity index is 872. The molecule has 1 fully saturated rings. The van der Waals surface area contributed by atoms with Gasteiger partial charge in [0.15, 0.2) is 0 Å². The van der Waals surface area contributed by atoms with Crippen molar-refractivity contribution in [3.05, 3.63) is 47.5 Å². The third-order valence-electron chi connectivity index (χ3n) is 4.08. The lowest BCUT2D eigenvalue weighted by Crippen LogP contribution is -2.49. The molecule has 0 unspecified atom stereocenters. The van der Waals surface area contributed by atoms with Gasteiger partial charge in [-0.15, -0.1) is 0 Å². The van der Waals surface area contributed by atoms with Crippen molar-refractivity contribution in [1.82, 2.24) is 25.9 Å². The average molecular weight is 373 g/mol. The number of carbonyl (C=O) groups excluding carboxylic acids is 3. The van der Waals surface area contributed by atoms with Crippen LogP contribution >= 0.6 is 0 Å². The van der Waals surface area contributed by atoms with Crippen LogP contribution in [0, 0.1) is 5.82 Å². The summed E-state index contributed by atoms with van der Waals surface area (Å²) in [5.74, 6) is -2.77. The highest BCUT2D eigenvalue weighted by Crippen LogP contribution is 2.23. The van der Waals surface area contributed by atoms with Gasteiger partial charge in [0.05, 0.1) is 23.1 Å². The van der Waals surface area contributed by atoms with Crippen LogP contribution in [-0.2, 0) is 9.59 Å². The fourth-order valence-electron chi connectivity index (χ4n) is 2.59. The fraction of sp³-hybridized carbons (Fsp3) is 0.333. The van der Waals surface area contributed by atoms with Gasteiger partial charge in [0.2, 0.25) is 0 Å². The van der Waals surface area contributed by atoms with Gasteiger partial charge in [-0.3, -0.25) is 25.2 Å². The predicted octanol–water partition coefficient (Wildman–Crippen LogP) is 1.17. The van der Waals surface area contributed by atoms with E-state index in [1.807, 2.05) is 13.8 Å². The van der Waals surface area contributed by atoms with Gasteiger partial charge in [0, 0.05) is 6.04 Å². The lowest BCUT2D eigenvalue weighted by Gasteiger charge is -2.13. The summed E-state index contributed by atoms with van der Waals surface area (Å²) in [6.45, 7) is 3.77. The van der Waals surface area contributed by atoms with Crippen LogP contribution in [-0.4, -0.2) is 33.5 Å². The van der Waals surface area contributed by atoms with E-state index < -0.39 is 17.7 Å². The van der Waals surface area contributed by atoms with Crippen molar-refractivity contribution in [2.24, 2.45) is 0 Å². The first-order valence-electron chi connectivity index (χ1n) is 8.62. The lowest BCUT2D eigenvalue weighted by molar-refractivity contribution is -0.139. The SMILES string of the molecule is CC(C)c1c(C(=O)NNC(=O)C(=O)NC2CC2)cnn1-c1ccc(F)cc1. The maximum absolute atomic E-state index is 13.2. The van der Waals surface area contributed by atoms with Crippen LogP contribution in [0.3, 0.4) is 0 Å². The van der Waals surface area contributed by atoms with Gasteiger partial charge in [-0.1, -0.05) is 13.8 Å². The Morgan fingerprint density at radius 1 is 1.11 bits per heavy atom. The molecule has 0 aliphatic heterocycles. The Labute approximate surface area is 155 Å². The molecule has 1 aliphatic carbocycles. The van der Waals surface area contributed by atoms with E-state index in [9.17, 15) is 18.8 Å². The minimum atomic E-state index is -0.938. The van der Waals surface area contributed by atoms with Crippen LogP contribution in [0.1, 0.15) is 48.7 Å². The average Bonchev–Trinajstić information content (AvgIpc) is 3.33. The van der Waals surface area contributed by atoms with Gasteiger partial charge in [-0.2, -0.15) is 5.10 Å². The van der Waals surface area contributed by atoms with Crippen LogP contribution < -0.4 is 16.2 Å². The first-order valence-corrected chi connectivity index (χ1v) is 8.62. The number of nitrogens with one attached hydrogen (secondary N) is 3. The quantitative estimate of drug-likeness (QED) is 0.553. The zero-order valence-corrected chi connectivity index (χ0v) is 15.0. The van der Waals surface area contributed by atoms with E-state index in [2.05, 4.69) is 21.3 Å². The van der Waals surface area contributed by atoms with Crippen molar-refractivity contribution in [3.8, 4) is 5.69 Å². The number of hydrazine groups is 1. The highest BCUT2D eigenvalue weighted by Gasteiger charge is 2.27. The van der Waals surface area contributed by atoms with E-state index in [0.29, 0.717) is 11.4 Å². The third-order valence-corrected chi connectivity index (χ3v) is 4.08. The van der Waals surface area contributed by atoms with E-state index in [0.717, 1.165) is 12.8 Å². The molecule has 0 spiro atoms. The second kappa shape index (κ2) is 7.56. The second-order valence-corrected chi connectivity index (χ2v) is 6.64. The van der Waals surface area contributed by atoms with E-state index >= 15 is 0 Å². The van der Waals surface area contributed by atoms with Crippen molar-refractivity contribution >= 4 is 17.7 Å². The third kappa shape index (κ3) is 4.30. The van der Waals surface area contributed by atoms with Crippen molar-refractivity contribution in [1.29, 1.82) is 0 Å². The Kier molecular flexibility index (Phi) is 5.20. The standard InChI is InChI=1S/C18H20FN5O3/c1-10(2)15-14(9-20-24(15)13-7-3-11(19)4-8-13)16(25)22-23-18(27)17(26)21-12-5-6-12/h3-4,7-10,12H,5-6H2,1-2H3,(H,21,26)(H,22,25)(H,23,27). The molecule has 0 atom stereocenters. The van der Waals surface area contributed by atoms with E-state index in [-0.39, 0.29) is 23.3 Å². The summed E-state index contributed by atoms with van der Waals surface area (Å²) in [6, 6.07) is 5.76. The Morgan fingerprint density at radius 2 is 1.78 bits per heavy atom. The van der Waals surface area contributed by atoms with E-state index in [1.54, 1.807) is 16.8 Å². The van der Waals surface area contributed by atoms with Crippen LogP contribution in [0.15, 0.2) is 30.5 Å². The Morgan fingerprint density at radius 3 is 2.37 bits per heavy atom. The molecule has 3 rings (SSSR count).